The lowest BCUT2D eigenvalue weighted by Gasteiger charge is -2.38. The van der Waals surface area contributed by atoms with Gasteiger partial charge in [-0.05, 0) is 36.2 Å². The van der Waals surface area contributed by atoms with Gasteiger partial charge in [0.25, 0.3) is 0 Å². The zero-order chi connectivity index (χ0) is 16.2. The first kappa shape index (κ1) is 15.1. The van der Waals surface area contributed by atoms with Gasteiger partial charge in [0, 0.05) is 23.1 Å². The molecular formula is C19H24O3. The highest BCUT2D eigenvalue weighted by atomic mass is 16.3. The molecule has 1 aromatic rings. The number of aromatic hydroxyl groups is 2. The third-order valence-electron chi connectivity index (χ3n) is 5.28. The number of carbonyl (C=O) groups is 1. The zero-order valence-electron chi connectivity index (χ0n) is 13.8. The molecule has 0 spiro atoms. The summed E-state index contributed by atoms with van der Waals surface area (Å²) in [5.74, 6) is 0.0467. The quantitative estimate of drug-likeness (QED) is 0.760. The Balaban J connectivity index is 2.30. The van der Waals surface area contributed by atoms with Crippen LogP contribution >= 0.6 is 0 Å². The molecule has 0 bridgehead atoms. The Bertz CT molecular complexity index is 693. The molecule has 0 fully saturated rings. The third kappa shape index (κ3) is 2.06. The van der Waals surface area contributed by atoms with Crippen molar-refractivity contribution in [1.29, 1.82) is 0 Å². The summed E-state index contributed by atoms with van der Waals surface area (Å²) in [6.45, 7) is 8.31. The zero-order valence-corrected chi connectivity index (χ0v) is 13.8. The average Bonchev–Trinajstić information content (AvgIpc) is 2.45. The van der Waals surface area contributed by atoms with Crippen molar-refractivity contribution in [3.63, 3.8) is 0 Å². The highest BCUT2D eigenvalue weighted by Gasteiger charge is 2.39. The van der Waals surface area contributed by atoms with E-state index in [1.165, 1.54) is 0 Å². The Hall–Kier alpha value is -1.77. The topological polar surface area (TPSA) is 57.5 Å². The van der Waals surface area contributed by atoms with E-state index in [2.05, 4.69) is 13.8 Å². The Kier molecular flexibility index (Phi) is 3.35. The van der Waals surface area contributed by atoms with Crippen LogP contribution in [0.1, 0.15) is 69.6 Å². The Morgan fingerprint density at radius 1 is 1.09 bits per heavy atom. The SMILES string of the molecule is CC(C)c1cc2c(c(O)c1O)C1=C(CC2)C(C)(C)CCC1=O. The van der Waals surface area contributed by atoms with E-state index < -0.39 is 0 Å². The minimum atomic E-state index is -0.112. The molecule has 118 valence electrons. The van der Waals surface area contributed by atoms with Crippen molar-refractivity contribution in [2.24, 2.45) is 5.41 Å². The van der Waals surface area contributed by atoms with Crippen molar-refractivity contribution in [2.45, 2.75) is 59.3 Å². The number of hydrogen-bond acceptors (Lipinski definition) is 3. The van der Waals surface area contributed by atoms with Crippen LogP contribution < -0.4 is 0 Å². The maximum atomic E-state index is 12.5. The molecule has 0 saturated carbocycles. The molecule has 3 rings (SSSR count). The number of phenolic OH excluding ortho intramolecular Hbond substituents is 2. The van der Waals surface area contributed by atoms with Crippen LogP contribution in [0.3, 0.4) is 0 Å². The molecule has 0 heterocycles. The molecule has 2 aliphatic rings. The number of rotatable bonds is 1. The molecule has 3 nitrogen and oxygen atoms in total. The first-order valence-corrected chi connectivity index (χ1v) is 8.09. The second-order valence-electron chi connectivity index (χ2n) is 7.51. The first-order chi connectivity index (χ1) is 10.2. The lowest BCUT2D eigenvalue weighted by Crippen LogP contribution is -2.28. The van der Waals surface area contributed by atoms with Gasteiger partial charge in [0.15, 0.2) is 17.3 Å². The summed E-state index contributed by atoms with van der Waals surface area (Å²) in [7, 11) is 0. The van der Waals surface area contributed by atoms with Crippen molar-refractivity contribution in [3.05, 3.63) is 28.3 Å². The van der Waals surface area contributed by atoms with Crippen LogP contribution in [0.4, 0.5) is 0 Å². The molecule has 0 amide bonds. The van der Waals surface area contributed by atoms with Crippen LogP contribution in [-0.4, -0.2) is 16.0 Å². The summed E-state index contributed by atoms with van der Waals surface area (Å²) in [5.41, 5.74) is 4.12. The number of Topliss-reactive ketones (excluding diaryl/α,β-unsaturated/α-hetero) is 1. The van der Waals surface area contributed by atoms with Gasteiger partial charge in [-0.15, -0.1) is 0 Å². The molecule has 0 unspecified atom stereocenters. The number of allylic oxidation sites excluding steroid dienone is 2. The van der Waals surface area contributed by atoms with E-state index in [9.17, 15) is 15.0 Å². The van der Waals surface area contributed by atoms with Crippen LogP contribution in [0.2, 0.25) is 0 Å². The molecule has 22 heavy (non-hydrogen) atoms. The van der Waals surface area contributed by atoms with E-state index >= 15 is 0 Å². The minimum Gasteiger partial charge on any atom is -0.504 e. The predicted octanol–water partition coefficient (Wildman–Crippen LogP) is 4.31. The number of carbonyl (C=O) groups excluding carboxylic acids is 1. The summed E-state index contributed by atoms with van der Waals surface area (Å²) < 4.78 is 0. The van der Waals surface area contributed by atoms with Crippen molar-refractivity contribution in [3.8, 4) is 11.5 Å². The fourth-order valence-corrected chi connectivity index (χ4v) is 3.87. The smallest absolute Gasteiger partial charge is 0.166 e. The maximum absolute atomic E-state index is 12.5. The second-order valence-corrected chi connectivity index (χ2v) is 7.51. The van der Waals surface area contributed by atoms with Crippen LogP contribution in [0.15, 0.2) is 11.6 Å². The number of aryl methyl sites for hydroxylation is 1. The molecular weight excluding hydrogens is 276 g/mol. The molecule has 2 N–H and O–H groups in total. The van der Waals surface area contributed by atoms with Crippen molar-refractivity contribution in [1.82, 2.24) is 0 Å². The van der Waals surface area contributed by atoms with Gasteiger partial charge in [-0.3, -0.25) is 4.79 Å². The van der Waals surface area contributed by atoms with Crippen LogP contribution in [-0.2, 0) is 11.2 Å². The highest BCUT2D eigenvalue weighted by Crippen LogP contribution is 2.52. The molecule has 0 aliphatic heterocycles. The van der Waals surface area contributed by atoms with Gasteiger partial charge in [0.2, 0.25) is 0 Å². The van der Waals surface area contributed by atoms with Gasteiger partial charge in [0.05, 0.1) is 0 Å². The number of fused-ring (bicyclic) bond motifs is 2. The molecule has 3 heteroatoms. The van der Waals surface area contributed by atoms with E-state index in [1.807, 2.05) is 19.9 Å². The van der Waals surface area contributed by atoms with Crippen molar-refractivity contribution in [2.75, 3.05) is 0 Å². The molecule has 0 radical (unpaired) electrons. The number of ketones is 1. The first-order valence-electron chi connectivity index (χ1n) is 8.09. The van der Waals surface area contributed by atoms with Crippen molar-refractivity contribution < 1.29 is 15.0 Å². The lowest BCUT2D eigenvalue weighted by molar-refractivity contribution is -0.114. The van der Waals surface area contributed by atoms with E-state index in [4.69, 9.17) is 0 Å². The van der Waals surface area contributed by atoms with Gasteiger partial charge >= 0.3 is 0 Å². The van der Waals surface area contributed by atoms with Crippen LogP contribution in [0.25, 0.3) is 5.57 Å². The Morgan fingerprint density at radius 3 is 2.41 bits per heavy atom. The number of hydrogen-bond donors (Lipinski definition) is 2. The highest BCUT2D eigenvalue weighted by molar-refractivity contribution is 6.24. The number of benzene rings is 1. The van der Waals surface area contributed by atoms with E-state index in [-0.39, 0.29) is 28.6 Å². The summed E-state index contributed by atoms with van der Waals surface area (Å²) in [6.07, 6.45) is 3.05. The van der Waals surface area contributed by atoms with Gasteiger partial charge in [0.1, 0.15) is 0 Å². The van der Waals surface area contributed by atoms with Gasteiger partial charge < -0.3 is 10.2 Å². The van der Waals surface area contributed by atoms with Gasteiger partial charge in [-0.1, -0.05) is 39.3 Å². The third-order valence-corrected chi connectivity index (χ3v) is 5.28. The molecule has 2 aliphatic carbocycles. The fraction of sp³-hybridized carbons (Fsp3) is 0.526. The Morgan fingerprint density at radius 2 is 1.77 bits per heavy atom. The standard InChI is InChI=1S/C19H24O3/c1-10(2)12-9-11-5-6-13-16(15(11)18(22)17(12)21)14(20)7-8-19(13,3)4/h9-10,21-22H,5-8H2,1-4H3. The minimum absolute atomic E-state index is 0.0142. The summed E-state index contributed by atoms with van der Waals surface area (Å²) in [6, 6.07) is 1.97. The fourth-order valence-electron chi connectivity index (χ4n) is 3.87. The van der Waals surface area contributed by atoms with E-state index in [0.717, 1.165) is 36.0 Å². The van der Waals surface area contributed by atoms with Gasteiger partial charge in [-0.2, -0.15) is 0 Å². The van der Waals surface area contributed by atoms with E-state index in [1.54, 1.807) is 0 Å². The summed E-state index contributed by atoms with van der Waals surface area (Å²) in [5, 5.41) is 20.9. The average molecular weight is 300 g/mol. The van der Waals surface area contributed by atoms with Crippen LogP contribution in [0, 0.1) is 5.41 Å². The molecule has 0 aromatic heterocycles. The lowest BCUT2D eigenvalue weighted by atomic mass is 9.65. The molecule has 1 aromatic carbocycles. The number of phenols is 2. The monoisotopic (exact) mass is 300 g/mol. The van der Waals surface area contributed by atoms with Crippen molar-refractivity contribution >= 4 is 11.4 Å². The maximum Gasteiger partial charge on any atom is 0.166 e. The summed E-state index contributed by atoms with van der Waals surface area (Å²) >= 11 is 0. The molecule has 0 atom stereocenters. The largest absolute Gasteiger partial charge is 0.504 e. The Labute approximate surface area is 131 Å². The second kappa shape index (κ2) is 4.87. The molecule has 0 saturated heterocycles. The van der Waals surface area contributed by atoms with Crippen LogP contribution in [0.5, 0.6) is 11.5 Å². The van der Waals surface area contributed by atoms with E-state index in [0.29, 0.717) is 17.6 Å². The van der Waals surface area contributed by atoms with Gasteiger partial charge in [-0.25, -0.2) is 0 Å². The predicted molar refractivity (Wildman–Crippen MR) is 87.1 cm³/mol. The normalized spacial score (nSPS) is 20.1. The summed E-state index contributed by atoms with van der Waals surface area (Å²) in [4.78, 5) is 12.5.